The van der Waals surface area contributed by atoms with Gasteiger partial charge in [-0.15, -0.1) is 13.2 Å². The number of alkyl halides is 3. The topological polar surface area (TPSA) is 62.9 Å². The molecule has 0 amide bonds. The summed E-state index contributed by atoms with van der Waals surface area (Å²) >= 11 is 0. The molecule has 0 aliphatic carbocycles. The van der Waals surface area contributed by atoms with E-state index in [9.17, 15) is 18.3 Å². The van der Waals surface area contributed by atoms with Gasteiger partial charge in [0.1, 0.15) is 11.9 Å². The van der Waals surface area contributed by atoms with Crippen LogP contribution in [-0.4, -0.2) is 45.0 Å². The molecule has 0 saturated heterocycles. The average molecular weight is 422 g/mol. The van der Waals surface area contributed by atoms with Gasteiger partial charge in [0, 0.05) is 30.2 Å². The van der Waals surface area contributed by atoms with Gasteiger partial charge in [0.25, 0.3) is 0 Å². The van der Waals surface area contributed by atoms with Crippen LogP contribution in [0.25, 0.3) is 5.70 Å². The number of hydrogen-bond acceptors (Lipinski definition) is 5. The molecular formula is C21H25F3N4O2. The summed E-state index contributed by atoms with van der Waals surface area (Å²) in [5.74, 6) is 0.151. The summed E-state index contributed by atoms with van der Waals surface area (Å²) in [7, 11) is 0. The van der Waals surface area contributed by atoms with Crippen molar-refractivity contribution in [1.29, 1.82) is 0 Å². The predicted octanol–water partition coefficient (Wildman–Crippen LogP) is 4.24. The summed E-state index contributed by atoms with van der Waals surface area (Å²) in [6.07, 6.45) is 1.99. The molecule has 0 radical (unpaired) electrons. The Bertz CT molecular complexity index is 904. The van der Waals surface area contributed by atoms with Gasteiger partial charge >= 0.3 is 6.36 Å². The van der Waals surface area contributed by atoms with E-state index < -0.39 is 12.5 Å². The van der Waals surface area contributed by atoms with Gasteiger partial charge < -0.3 is 14.7 Å². The zero-order valence-corrected chi connectivity index (χ0v) is 17.0. The quantitative estimate of drug-likeness (QED) is 0.725. The molecule has 1 aliphatic heterocycles. The van der Waals surface area contributed by atoms with Crippen LogP contribution in [0.15, 0.2) is 47.7 Å². The Balaban J connectivity index is 1.89. The first-order chi connectivity index (χ1) is 14.2. The molecule has 0 bridgehead atoms. The van der Waals surface area contributed by atoms with Crippen LogP contribution in [0.2, 0.25) is 0 Å². The Kier molecular flexibility index (Phi) is 6.50. The number of aliphatic hydroxyl groups excluding tert-OH is 1. The summed E-state index contributed by atoms with van der Waals surface area (Å²) in [6, 6.07) is 5.38. The second-order valence-corrected chi connectivity index (χ2v) is 7.62. The number of allylic oxidation sites excluding steroid dienone is 1. The van der Waals surface area contributed by atoms with Crippen molar-refractivity contribution in [3.63, 3.8) is 0 Å². The van der Waals surface area contributed by atoms with Crippen LogP contribution >= 0.6 is 0 Å². The van der Waals surface area contributed by atoms with Crippen molar-refractivity contribution in [2.75, 3.05) is 6.61 Å². The summed E-state index contributed by atoms with van der Waals surface area (Å²) in [5, 5.41) is 14.2. The Morgan fingerprint density at radius 3 is 2.47 bits per heavy atom. The van der Waals surface area contributed by atoms with Crippen molar-refractivity contribution < 1.29 is 23.0 Å². The van der Waals surface area contributed by atoms with E-state index in [1.165, 1.54) is 12.1 Å². The number of rotatable bonds is 7. The Hall–Kier alpha value is -2.81. The highest BCUT2D eigenvalue weighted by atomic mass is 19.4. The molecule has 2 aromatic rings. The van der Waals surface area contributed by atoms with Gasteiger partial charge in [-0.05, 0) is 48.7 Å². The fraction of sp³-hybridized carbons (Fsp3) is 0.429. The molecule has 30 heavy (non-hydrogen) atoms. The van der Waals surface area contributed by atoms with Crippen LogP contribution in [0.3, 0.4) is 0 Å². The lowest BCUT2D eigenvalue weighted by atomic mass is 10.0. The number of aromatic nitrogens is 2. The zero-order valence-electron chi connectivity index (χ0n) is 17.0. The normalized spacial score (nSPS) is 17.9. The molecule has 2 heterocycles. The van der Waals surface area contributed by atoms with E-state index in [-0.39, 0.29) is 18.4 Å². The molecule has 1 aromatic heterocycles. The van der Waals surface area contributed by atoms with Crippen LogP contribution < -0.4 is 4.74 Å². The number of ether oxygens (including phenoxy) is 1. The maximum absolute atomic E-state index is 12.4. The number of aliphatic imine (C=N–C) groups is 1. The highest BCUT2D eigenvalue weighted by Gasteiger charge is 2.32. The molecule has 1 N–H and O–H groups in total. The minimum Gasteiger partial charge on any atom is -0.406 e. The van der Waals surface area contributed by atoms with Gasteiger partial charge in [-0.3, -0.25) is 9.67 Å². The smallest absolute Gasteiger partial charge is 0.406 e. The van der Waals surface area contributed by atoms with Gasteiger partial charge in [-0.2, -0.15) is 5.10 Å². The molecule has 1 aromatic carbocycles. The van der Waals surface area contributed by atoms with Gasteiger partial charge in [0.15, 0.2) is 0 Å². The van der Waals surface area contributed by atoms with Gasteiger partial charge in [0.05, 0.1) is 18.8 Å². The standard InChI is InChI=1S/C21H25F3N4O2/c1-14(2)11-27-12-17(10-26-27)20-25-9-8-19(28(20)15(3)13-29)16-4-6-18(7-5-16)30-21(22,23)24/h4-10,12,14-15,20,29H,11,13H2,1-3H3/t15-,20?/m0/s1. The van der Waals surface area contributed by atoms with Crippen LogP contribution in [0, 0.1) is 5.92 Å². The number of benzene rings is 1. The van der Waals surface area contributed by atoms with E-state index in [4.69, 9.17) is 0 Å². The first kappa shape index (κ1) is 21.9. The van der Waals surface area contributed by atoms with Crippen LogP contribution in [0.4, 0.5) is 13.2 Å². The highest BCUT2D eigenvalue weighted by Crippen LogP contribution is 2.36. The molecule has 3 rings (SSSR count). The second kappa shape index (κ2) is 8.91. The molecule has 2 atom stereocenters. The summed E-state index contributed by atoms with van der Waals surface area (Å²) in [5.41, 5.74) is 2.30. The summed E-state index contributed by atoms with van der Waals surface area (Å²) < 4.78 is 43.1. The largest absolute Gasteiger partial charge is 0.573 e. The third-order valence-electron chi connectivity index (χ3n) is 4.63. The van der Waals surface area contributed by atoms with E-state index in [1.807, 2.05) is 22.7 Å². The molecule has 0 saturated carbocycles. The van der Waals surface area contributed by atoms with Crippen LogP contribution in [0.5, 0.6) is 5.75 Å². The minimum absolute atomic E-state index is 0.112. The lowest BCUT2D eigenvalue weighted by molar-refractivity contribution is -0.274. The van der Waals surface area contributed by atoms with Gasteiger partial charge in [0.2, 0.25) is 0 Å². The molecule has 1 aliphatic rings. The fourth-order valence-electron chi connectivity index (χ4n) is 3.36. The first-order valence-electron chi connectivity index (χ1n) is 9.69. The minimum atomic E-state index is -4.74. The van der Waals surface area contributed by atoms with Crippen molar-refractivity contribution >= 4 is 11.9 Å². The van der Waals surface area contributed by atoms with E-state index in [0.29, 0.717) is 11.5 Å². The summed E-state index contributed by atoms with van der Waals surface area (Å²) in [6.45, 7) is 6.73. The van der Waals surface area contributed by atoms with E-state index >= 15 is 0 Å². The second-order valence-electron chi connectivity index (χ2n) is 7.62. The van der Waals surface area contributed by atoms with Crippen LogP contribution in [0.1, 0.15) is 38.1 Å². The Morgan fingerprint density at radius 2 is 1.87 bits per heavy atom. The molecule has 1 unspecified atom stereocenters. The monoisotopic (exact) mass is 422 g/mol. The van der Waals surface area contributed by atoms with Crippen molar-refractivity contribution in [2.45, 2.75) is 45.9 Å². The van der Waals surface area contributed by atoms with Gasteiger partial charge in [-0.1, -0.05) is 13.8 Å². The number of hydrogen-bond donors (Lipinski definition) is 1. The lowest BCUT2D eigenvalue weighted by Crippen LogP contribution is -2.38. The van der Waals surface area contributed by atoms with E-state index in [2.05, 4.69) is 28.7 Å². The Morgan fingerprint density at radius 1 is 1.17 bits per heavy atom. The van der Waals surface area contributed by atoms with Crippen LogP contribution in [-0.2, 0) is 6.54 Å². The summed E-state index contributed by atoms with van der Waals surface area (Å²) in [4.78, 5) is 6.51. The van der Waals surface area contributed by atoms with E-state index in [0.717, 1.165) is 17.8 Å². The average Bonchev–Trinajstić information content (AvgIpc) is 3.13. The fourth-order valence-corrected chi connectivity index (χ4v) is 3.36. The SMILES string of the molecule is CC(C)Cn1cc(C2N=CC=C(c3ccc(OC(F)(F)F)cc3)N2[C@@H](C)CO)cn1. The van der Waals surface area contributed by atoms with E-state index in [1.54, 1.807) is 30.6 Å². The molecule has 0 fully saturated rings. The molecule has 6 nitrogen and oxygen atoms in total. The highest BCUT2D eigenvalue weighted by molar-refractivity contribution is 5.86. The van der Waals surface area contributed by atoms with Crippen molar-refractivity contribution in [2.24, 2.45) is 10.9 Å². The number of nitrogens with zero attached hydrogens (tertiary/aromatic N) is 4. The maximum Gasteiger partial charge on any atom is 0.573 e. The third kappa shape index (κ3) is 5.21. The third-order valence-corrected chi connectivity index (χ3v) is 4.63. The van der Waals surface area contributed by atoms with Crippen molar-refractivity contribution in [3.05, 3.63) is 53.9 Å². The predicted molar refractivity (Wildman–Crippen MR) is 108 cm³/mol. The van der Waals surface area contributed by atoms with Gasteiger partial charge in [-0.25, -0.2) is 0 Å². The number of aliphatic hydroxyl groups is 1. The molecular weight excluding hydrogens is 397 g/mol. The first-order valence-corrected chi connectivity index (χ1v) is 9.69. The molecule has 162 valence electrons. The zero-order chi connectivity index (χ0) is 21.9. The lowest BCUT2D eigenvalue weighted by Gasteiger charge is -2.38. The molecule has 0 spiro atoms. The maximum atomic E-state index is 12.4. The van der Waals surface area contributed by atoms with Crippen molar-refractivity contribution in [3.8, 4) is 5.75 Å². The number of halogens is 3. The van der Waals surface area contributed by atoms with Crippen molar-refractivity contribution in [1.82, 2.24) is 14.7 Å². The Labute approximate surface area is 173 Å². The molecule has 9 heteroatoms.